The fourth-order valence-corrected chi connectivity index (χ4v) is 6.31. The summed E-state index contributed by atoms with van der Waals surface area (Å²) in [4.78, 5) is 36.8. The van der Waals surface area contributed by atoms with Crippen molar-refractivity contribution in [2.45, 2.75) is 49.6 Å². The summed E-state index contributed by atoms with van der Waals surface area (Å²) in [5.74, 6) is -0.556. The van der Waals surface area contributed by atoms with Crippen molar-refractivity contribution in [3.63, 3.8) is 0 Å². The van der Waals surface area contributed by atoms with E-state index in [0.29, 0.717) is 22.5 Å². The number of amides is 2. The molecule has 12 heteroatoms. The lowest BCUT2D eigenvalue weighted by Gasteiger charge is -2.28. The lowest BCUT2D eigenvalue weighted by Crippen LogP contribution is -2.39. The first-order valence-electron chi connectivity index (χ1n) is 14.1. The molecule has 5 rings (SSSR count). The Morgan fingerprint density at radius 1 is 1.05 bits per heavy atom. The third-order valence-electron chi connectivity index (χ3n) is 7.77. The van der Waals surface area contributed by atoms with Crippen molar-refractivity contribution in [1.82, 2.24) is 19.4 Å². The number of hydrogen-bond acceptors (Lipinski definition) is 8. The zero-order chi connectivity index (χ0) is 30.7. The lowest BCUT2D eigenvalue weighted by atomic mass is 9.95. The summed E-state index contributed by atoms with van der Waals surface area (Å²) in [6.07, 6.45) is 6.05. The molecule has 2 amide bonds. The number of carbonyl (C=O) groups excluding carboxylic acids is 2. The molecule has 0 unspecified atom stereocenters. The molecule has 3 N–H and O–H groups in total. The molecule has 11 nitrogen and oxygen atoms in total. The number of sulfone groups is 1. The number of primary amides is 1. The zero-order valence-electron chi connectivity index (χ0n) is 24.1. The Bertz CT molecular complexity index is 1820. The monoisotopic (exact) mass is 599 g/mol. The highest BCUT2D eigenvalue weighted by atomic mass is 32.2. The Hall–Kier alpha value is -4.76. The van der Waals surface area contributed by atoms with Gasteiger partial charge in [0.1, 0.15) is 29.8 Å². The molecule has 1 saturated carbocycles. The van der Waals surface area contributed by atoms with Gasteiger partial charge in [-0.1, -0.05) is 55.7 Å². The number of nitrogens with one attached hydrogen (secondary N) is 1. The number of nitrogens with two attached hydrogens (primary N) is 1. The Morgan fingerprint density at radius 3 is 2.23 bits per heavy atom. The van der Waals surface area contributed by atoms with Crippen LogP contribution in [0.5, 0.6) is 0 Å². The summed E-state index contributed by atoms with van der Waals surface area (Å²) in [6, 6.07) is 17.9. The summed E-state index contributed by atoms with van der Waals surface area (Å²) >= 11 is 0. The van der Waals surface area contributed by atoms with Crippen molar-refractivity contribution in [3.05, 3.63) is 71.7 Å². The van der Waals surface area contributed by atoms with Crippen molar-refractivity contribution >= 4 is 38.5 Å². The molecule has 0 spiro atoms. The zero-order valence-corrected chi connectivity index (χ0v) is 24.9. The van der Waals surface area contributed by atoms with Gasteiger partial charge in [-0.3, -0.25) is 9.59 Å². The van der Waals surface area contributed by atoms with Crippen LogP contribution in [0.25, 0.3) is 22.2 Å². The van der Waals surface area contributed by atoms with Crippen molar-refractivity contribution in [1.29, 1.82) is 5.26 Å². The molecule has 2 aromatic carbocycles. The van der Waals surface area contributed by atoms with Gasteiger partial charge in [0, 0.05) is 25.9 Å². The van der Waals surface area contributed by atoms with E-state index in [1.54, 1.807) is 37.4 Å². The van der Waals surface area contributed by atoms with Crippen LogP contribution in [0.1, 0.15) is 60.0 Å². The standard InChI is InChI=1S/C31H33N7O4S/c1-34-29-25-16-26(38(23-6-4-3-5-7-23)30(25)36-28(17-32)35-29)31(40)37(19-27(33)39)18-20-8-10-21(11-9-20)22-12-14-24(15-13-22)43(2,41)42/h8-16,23H,3-7,18-19H2,1-2H3,(H2,33,39)(H,34,35,36). The van der Waals surface area contributed by atoms with Crippen LogP contribution in [0.4, 0.5) is 5.82 Å². The number of aromatic nitrogens is 3. The van der Waals surface area contributed by atoms with E-state index in [1.165, 1.54) is 11.2 Å². The van der Waals surface area contributed by atoms with Gasteiger partial charge in [-0.05, 0) is 47.7 Å². The molecule has 1 aliphatic rings. The second-order valence-electron chi connectivity index (χ2n) is 10.8. The summed E-state index contributed by atoms with van der Waals surface area (Å²) in [5, 5.41) is 13.2. The molecule has 2 heterocycles. The van der Waals surface area contributed by atoms with E-state index in [2.05, 4.69) is 15.3 Å². The van der Waals surface area contributed by atoms with Crippen LogP contribution in [0.3, 0.4) is 0 Å². The number of hydrogen-bond donors (Lipinski definition) is 2. The quantitative estimate of drug-likeness (QED) is 0.291. The van der Waals surface area contributed by atoms with E-state index in [-0.39, 0.29) is 35.8 Å². The molecule has 0 radical (unpaired) electrons. The Kier molecular flexibility index (Phi) is 8.45. The van der Waals surface area contributed by atoms with Gasteiger partial charge >= 0.3 is 0 Å². The molecular formula is C31H33N7O4S. The third kappa shape index (κ3) is 6.36. The highest BCUT2D eigenvalue weighted by Crippen LogP contribution is 2.35. The first-order chi connectivity index (χ1) is 20.6. The first-order valence-corrected chi connectivity index (χ1v) is 16.0. The minimum Gasteiger partial charge on any atom is -0.372 e. The second-order valence-corrected chi connectivity index (χ2v) is 12.8. The summed E-state index contributed by atoms with van der Waals surface area (Å²) < 4.78 is 25.5. The SMILES string of the molecule is CNc1nc(C#N)nc2c1cc(C(=O)N(CC(N)=O)Cc1ccc(-c3ccc(S(C)(=O)=O)cc3)cc1)n2C1CCCCC1. The van der Waals surface area contributed by atoms with Crippen molar-refractivity contribution in [2.24, 2.45) is 5.73 Å². The maximum Gasteiger partial charge on any atom is 0.271 e. The van der Waals surface area contributed by atoms with Gasteiger partial charge in [0.15, 0.2) is 9.84 Å². The van der Waals surface area contributed by atoms with Crippen LogP contribution >= 0.6 is 0 Å². The second kappa shape index (κ2) is 12.2. The maximum atomic E-state index is 14.2. The number of benzene rings is 2. The molecule has 2 aromatic heterocycles. The molecule has 222 valence electrons. The van der Waals surface area contributed by atoms with E-state index in [9.17, 15) is 23.3 Å². The van der Waals surface area contributed by atoms with Crippen molar-refractivity contribution in [3.8, 4) is 17.2 Å². The number of rotatable bonds is 9. The minimum atomic E-state index is -3.29. The average Bonchev–Trinajstić information content (AvgIpc) is 3.39. The van der Waals surface area contributed by atoms with Gasteiger partial charge in [-0.15, -0.1) is 0 Å². The van der Waals surface area contributed by atoms with E-state index >= 15 is 0 Å². The minimum absolute atomic E-state index is 0.00560. The fraction of sp³-hybridized carbons (Fsp3) is 0.323. The van der Waals surface area contributed by atoms with Gasteiger partial charge in [0.2, 0.25) is 11.7 Å². The van der Waals surface area contributed by atoms with Gasteiger partial charge in [-0.2, -0.15) is 5.26 Å². The Balaban J connectivity index is 1.49. The van der Waals surface area contributed by atoms with E-state index in [0.717, 1.165) is 48.8 Å². The van der Waals surface area contributed by atoms with Crippen LogP contribution in [0.15, 0.2) is 59.5 Å². The van der Waals surface area contributed by atoms with Gasteiger partial charge in [0.05, 0.1) is 10.3 Å². The van der Waals surface area contributed by atoms with E-state index in [1.807, 2.05) is 34.9 Å². The molecule has 4 aromatic rings. The smallest absolute Gasteiger partial charge is 0.271 e. The highest BCUT2D eigenvalue weighted by Gasteiger charge is 2.29. The topological polar surface area (TPSA) is 164 Å². The van der Waals surface area contributed by atoms with Gasteiger partial charge in [0.25, 0.3) is 5.91 Å². The van der Waals surface area contributed by atoms with Crippen LogP contribution in [-0.2, 0) is 21.2 Å². The summed E-state index contributed by atoms with van der Waals surface area (Å²) in [5.41, 5.74) is 8.98. The number of nitriles is 1. The number of nitrogens with zero attached hydrogens (tertiary/aromatic N) is 5. The van der Waals surface area contributed by atoms with Crippen molar-refractivity contribution in [2.75, 3.05) is 25.2 Å². The third-order valence-corrected chi connectivity index (χ3v) is 8.90. The number of carbonyl (C=O) groups is 2. The molecule has 43 heavy (non-hydrogen) atoms. The molecule has 0 bridgehead atoms. The van der Waals surface area contributed by atoms with E-state index < -0.39 is 15.7 Å². The Morgan fingerprint density at radius 2 is 1.67 bits per heavy atom. The summed E-state index contributed by atoms with van der Waals surface area (Å²) in [6.45, 7) is -0.150. The van der Waals surface area contributed by atoms with Crippen LogP contribution in [0, 0.1) is 11.3 Å². The normalized spacial score (nSPS) is 13.9. The van der Waals surface area contributed by atoms with E-state index in [4.69, 9.17) is 5.73 Å². The number of anilines is 1. The first kappa shape index (κ1) is 29.7. The number of fused-ring (bicyclic) bond motifs is 1. The van der Waals surface area contributed by atoms with Crippen LogP contribution in [-0.4, -0.2) is 59.5 Å². The largest absolute Gasteiger partial charge is 0.372 e. The molecular weight excluding hydrogens is 566 g/mol. The molecule has 1 fully saturated rings. The fourth-order valence-electron chi connectivity index (χ4n) is 5.68. The van der Waals surface area contributed by atoms with Crippen LogP contribution < -0.4 is 11.1 Å². The average molecular weight is 600 g/mol. The van der Waals surface area contributed by atoms with Crippen LogP contribution in [0.2, 0.25) is 0 Å². The maximum absolute atomic E-state index is 14.2. The molecule has 1 aliphatic carbocycles. The Labute approximate surface area is 250 Å². The highest BCUT2D eigenvalue weighted by molar-refractivity contribution is 7.90. The lowest BCUT2D eigenvalue weighted by molar-refractivity contribution is -0.118. The summed E-state index contributed by atoms with van der Waals surface area (Å²) in [7, 11) is -1.59. The predicted molar refractivity (Wildman–Crippen MR) is 163 cm³/mol. The van der Waals surface area contributed by atoms with Gasteiger partial charge in [-0.25, -0.2) is 18.4 Å². The molecule has 0 atom stereocenters. The molecule has 0 aliphatic heterocycles. The van der Waals surface area contributed by atoms with Gasteiger partial charge < -0.3 is 20.5 Å². The molecule has 0 saturated heterocycles. The predicted octanol–water partition coefficient (Wildman–Crippen LogP) is 4.05. The van der Waals surface area contributed by atoms with Crippen molar-refractivity contribution < 1.29 is 18.0 Å².